The van der Waals surface area contributed by atoms with Crippen LogP contribution in [0.25, 0.3) is 16.9 Å². The monoisotopic (exact) mass is 492 g/mol. The van der Waals surface area contributed by atoms with Crippen molar-refractivity contribution in [2.45, 2.75) is 71.1 Å². The van der Waals surface area contributed by atoms with Crippen molar-refractivity contribution >= 4 is 17.5 Å². The van der Waals surface area contributed by atoms with E-state index in [9.17, 15) is 9.90 Å². The van der Waals surface area contributed by atoms with Gasteiger partial charge >= 0.3 is 0 Å². The number of carbonyl (C=O) groups excluding carboxylic acids is 1. The summed E-state index contributed by atoms with van der Waals surface area (Å²) in [4.78, 5) is 19.0. The van der Waals surface area contributed by atoms with Crippen molar-refractivity contribution in [3.05, 3.63) is 48.0 Å². The molecule has 0 radical (unpaired) electrons. The molecule has 3 N–H and O–H groups in total. The number of anilines is 1. The third kappa shape index (κ3) is 6.28. The van der Waals surface area contributed by atoms with Gasteiger partial charge < -0.3 is 9.84 Å². The van der Waals surface area contributed by atoms with Gasteiger partial charge in [0.05, 0.1) is 11.3 Å². The Labute approximate surface area is 211 Å². The van der Waals surface area contributed by atoms with Crippen LogP contribution in [0.5, 0.6) is 0 Å². The van der Waals surface area contributed by atoms with E-state index < -0.39 is 6.41 Å². The van der Waals surface area contributed by atoms with Gasteiger partial charge in [0.2, 0.25) is 18.3 Å². The lowest BCUT2D eigenvalue weighted by Gasteiger charge is -2.34. The summed E-state index contributed by atoms with van der Waals surface area (Å²) in [7, 11) is 0. The number of rotatable bonds is 8. The van der Waals surface area contributed by atoms with Gasteiger partial charge in [0.1, 0.15) is 0 Å². The fourth-order valence-corrected chi connectivity index (χ4v) is 4.60. The molecule has 2 aliphatic rings. The van der Waals surface area contributed by atoms with Crippen molar-refractivity contribution in [2.24, 2.45) is 5.92 Å². The Balaban J connectivity index is 1.17. The molecule has 3 heterocycles. The molecule has 1 atom stereocenters. The molecule has 1 aliphatic heterocycles. The standard InChI is InChI=1S/C27H36N6O3/c1-27(2,3)36-26(35)28-21-13-15-32(16-14-21)17-18-7-9-19(10-8-18)22-5-4-6-23-29-25(31-33(22)23)30-24(34)20-11-12-20/h4-10,20-21,26,28,35H,11-17H2,1-3H3,(H,30,31,34). The number of piperidine rings is 1. The average molecular weight is 493 g/mol. The molecule has 1 saturated heterocycles. The topological polar surface area (TPSA) is 104 Å². The maximum absolute atomic E-state index is 12.1. The molecule has 36 heavy (non-hydrogen) atoms. The zero-order valence-corrected chi connectivity index (χ0v) is 21.3. The van der Waals surface area contributed by atoms with Crippen LogP contribution >= 0.6 is 0 Å². The van der Waals surface area contributed by atoms with Crippen LogP contribution in [0, 0.1) is 5.92 Å². The van der Waals surface area contributed by atoms with Gasteiger partial charge in [0, 0.05) is 24.1 Å². The van der Waals surface area contributed by atoms with E-state index in [4.69, 9.17) is 4.74 Å². The van der Waals surface area contributed by atoms with Gasteiger partial charge in [-0.05, 0) is 77.2 Å². The Bertz CT molecular complexity index is 1190. The van der Waals surface area contributed by atoms with Crippen molar-refractivity contribution in [1.82, 2.24) is 24.8 Å². The number of nitrogens with zero attached hydrogens (tertiary/aromatic N) is 4. The summed E-state index contributed by atoms with van der Waals surface area (Å²) >= 11 is 0. The van der Waals surface area contributed by atoms with Gasteiger partial charge in [0.25, 0.3) is 0 Å². The molecule has 1 saturated carbocycles. The van der Waals surface area contributed by atoms with Crippen molar-refractivity contribution in [3.8, 4) is 11.3 Å². The molecule has 0 bridgehead atoms. The van der Waals surface area contributed by atoms with Crippen LogP contribution in [0.4, 0.5) is 5.95 Å². The minimum Gasteiger partial charge on any atom is -0.356 e. The summed E-state index contributed by atoms with van der Waals surface area (Å²) in [5.74, 6) is 0.470. The highest BCUT2D eigenvalue weighted by molar-refractivity contribution is 5.92. The van der Waals surface area contributed by atoms with Crippen molar-refractivity contribution in [2.75, 3.05) is 18.4 Å². The Morgan fingerprint density at radius 1 is 1.11 bits per heavy atom. The second-order valence-corrected chi connectivity index (χ2v) is 10.9. The van der Waals surface area contributed by atoms with Crippen LogP contribution in [-0.2, 0) is 16.1 Å². The van der Waals surface area contributed by atoms with E-state index in [0.29, 0.717) is 11.6 Å². The molecule has 2 fully saturated rings. The molecular weight excluding hydrogens is 456 g/mol. The summed E-state index contributed by atoms with van der Waals surface area (Å²) < 4.78 is 7.35. The number of aliphatic hydroxyl groups excluding tert-OH is 1. The van der Waals surface area contributed by atoms with Crippen molar-refractivity contribution in [1.29, 1.82) is 0 Å². The normalized spacial score (nSPS) is 18.4. The molecule has 1 unspecified atom stereocenters. The number of nitrogens with one attached hydrogen (secondary N) is 2. The number of aliphatic hydroxyl groups is 1. The first-order valence-electron chi connectivity index (χ1n) is 12.8. The Morgan fingerprint density at radius 3 is 2.50 bits per heavy atom. The lowest BCUT2D eigenvalue weighted by atomic mass is 10.0. The van der Waals surface area contributed by atoms with E-state index in [1.165, 1.54) is 5.56 Å². The number of likely N-dealkylation sites (tertiary alicyclic amines) is 1. The molecule has 9 heteroatoms. The second kappa shape index (κ2) is 10.3. The first kappa shape index (κ1) is 24.8. The van der Waals surface area contributed by atoms with E-state index in [0.717, 1.165) is 56.6 Å². The lowest BCUT2D eigenvalue weighted by Crippen LogP contribution is -2.48. The van der Waals surface area contributed by atoms with Gasteiger partial charge in [-0.3, -0.25) is 20.3 Å². The molecule has 9 nitrogen and oxygen atoms in total. The summed E-state index contributed by atoms with van der Waals surface area (Å²) in [5.41, 5.74) is 3.56. The molecule has 0 spiro atoms. The number of ether oxygens (including phenoxy) is 1. The number of fused-ring (bicyclic) bond motifs is 1. The minimum absolute atomic E-state index is 0.00560. The number of pyridine rings is 1. The minimum atomic E-state index is -0.936. The molecule has 5 rings (SSSR count). The third-order valence-corrected chi connectivity index (χ3v) is 6.63. The zero-order chi connectivity index (χ0) is 25.3. The molecule has 1 amide bonds. The first-order chi connectivity index (χ1) is 17.2. The number of hydrogen-bond acceptors (Lipinski definition) is 7. The largest absolute Gasteiger partial charge is 0.356 e. The Hall–Kier alpha value is -2.85. The average Bonchev–Trinajstić information content (AvgIpc) is 3.59. The van der Waals surface area contributed by atoms with Crippen molar-refractivity contribution < 1.29 is 14.6 Å². The predicted molar refractivity (Wildman–Crippen MR) is 138 cm³/mol. The van der Waals surface area contributed by atoms with Crippen LogP contribution in [-0.4, -0.2) is 61.7 Å². The third-order valence-electron chi connectivity index (χ3n) is 6.63. The van der Waals surface area contributed by atoms with Gasteiger partial charge in [0.15, 0.2) is 5.65 Å². The quantitative estimate of drug-likeness (QED) is 0.414. The molecule has 192 valence electrons. The van der Waals surface area contributed by atoms with Crippen LogP contribution in [0.3, 0.4) is 0 Å². The van der Waals surface area contributed by atoms with E-state index >= 15 is 0 Å². The van der Waals surface area contributed by atoms with Gasteiger partial charge in [-0.1, -0.05) is 30.3 Å². The fourth-order valence-electron chi connectivity index (χ4n) is 4.60. The SMILES string of the molecule is CC(C)(C)OC(O)NC1CCN(Cc2ccc(-c3cccc4nc(NC(=O)C5CC5)nn34)cc2)CC1. The number of aromatic nitrogens is 3. The van der Waals surface area contributed by atoms with Crippen molar-refractivity contribution in [3.63, 3.8) is 0 Å². The highest BCUT2D eigenvalue weighted by atomic mass is 16.6. The summed E-state index contributed by atoms with van der Waals surface area (Å²) in [6, 6.07) is 14.7. The number of carbonyl (C=O) groups is 1. The molecule has 1 aromatic carbocycles. The second-order valence-electron chi connectivity index (χ2n) is 10.9. The van der Waals surface area contributed by atoms with E-state index in [2.05, 4.69) is 49.9 Å². The van der Waals surface area contributed by atoms with Gasteiger partial charge in [-0.25, -0.2) is 4.52 Å². The van der Waals surface area contributed by atoms with E-state index in [1.54, 1.807) is 4.52 Å². The summed E-state index contributed by atoms with van der Waals surface area (Å²) in [5, 5.41) is 20.7. The lowest BCUT2D eigenvalue weighted by molar-refractivity contribution is -0.187. The highest BCUT2D eigenvalue weighted by Crippen LogP contribution is 2.30. The maximum atomic E-state index is 12.1. The smallest absolute Gasteiger partial charge is 0.249 e. The van der Waals surface area contributed by atoms with E-state index in [-0.39, 0.29) is 23.5 Å². The molecular formula is C27H36N6O3. The van der Waals surface area contributed by atoms with Gasteiger partial charge in [-0.15, -0.1) is 5.10 Å². The van der Waals surface area contributed by atoms with Crippen LogP contribution < -0.4 is 10.6 Å². The molecule has 1 aliphatic carbocycles. The van der Waals surface area contributed by atoms with Crippen LogP contribution in [0.15, 0.2) is 42.5 Å². The Morgan fingerprint density at radius 2 is 1.83 bits per heavy atom. The maximum Gasteiger partial charge on any atom is 0.249 e. The fraction of sp³-hybridized carbons (Fsp3) is 0.519. The van der Waals surface area contributed by atoms with Crippen LogP contribution in [0.2, 0.25) is 0 Å². The Kier molecular flexibility index (Phi) is 7.07. The first-order valence-corrected chi connectivity index (χ1v) is 12.8. The van der Waals surface area contributed by atoms with Gasteiger partial charge in [-0.2, -0.15) is 4.98 Å². The summed E-state index contributed by atoms with van der Waals surface area (Å²) in [6.07, 6.45) is 2.89. The van der Waals surface area contributed by atoms with Crippen LogP contribution in [0.1, 0.15) is 52.0 Å². The number of hydrogen-bond donors (Lipinski definition) is 3. The predicted octanol–water partition coefficient (Wildman–Crippen LogP) is 3.39. The summed E-state index contributed by atoms with van der Waals surface area (Å²) in [6.45, 7) is 8.63. The molecule has 2 aromatic heterocycles. The van der Waals surface area contributed by atoms with E-state index in [1.807, 2.05) is 39.0 Å². The molecule has 3 aromatic rings. The highest BCUT2D eigenvalue weighted by Gasteiger charge is 2.30. The number of benzene rings is 1. The number of amides is 1. The zero-order valence-electron chi connectivity index (χ0n) is 21.3.